The largest absolute Gasteiger partial charge is 0.508 e. The van der Waals surface area contributed by atoms with E-state index in [0.717, 1.165) is 36.3 Å². The van der Waals surface area contributed by atoms with E-state index in [0.29, 0.717) is 18.7 Å². The molecule has 4 rings (SSSR count). The number of phenolic OH excluding ortho intramolecular Hbond substituents is 1. The summed E-state index contributed by atoms with van der Waals surface area (Å²) in [5.74, 6) is 0.0222. The van der Waals surface area contributed by atoms with Crippen molar-refractivity contribution in [3.8, 4) is 5.75 Å². The number of hydrogen-bond donors (Lipinski definition) is 1. The monoisotopic (exact) mass is 503 g/mol. The van der Waals surface area contributed by atoms with Crippen LogP contribution in [0.3, 0.4) is 0 Å². The zero-order chi connectivity index (χ0) is 26.5. The Kier molecular flexibility index (Phi) is 8.62. The van der Waals surface area contributed by atoms with E-state index in [2.05, 4.69) is 23.6 Å². The van der Waals surface area contributed by atoms with Crippen LogP contribution < -0.4 is 0 Å². The van der Waals surface area contributed by atoms with Gasteiger partial charge in [-0.15, -0.1) is 0 Å². The summed E-state index contributed by atoms with van der Waals surface area (Å²) in [6.45, 7) is 12.1. The lowest BCUT2D eigenvalue weighted by atomic mass is 9.90. The number of rotatable bonds is 8. The molecule has 0 aliphatic carbocycles. The second-order valence-electron chi connectivity index (χ2n) is 10.0. The van der Waals surface area contributed by atoms with Crippen molar-refractivity contribution >= 4 is 5.91 Å². The van der Waals surface area contributed by atoms with Crippen LogP contribution in [0.25, 0.3) is 0 Å². The smallest absolute Gasteiger partial charge is 0.254 e. The fourth-order valence-corrected chi connectivity index (χ4v) is 5.49. The molecule has 0 spiro atoms. The van der Waals surface area contributed by atoms with E-state index >= 15 is 0 Å². The Labute approximate surface area is 220 Å². The van der Waals surface area contributed by atoms with Crippen LogP contribution in [0.15, 0.2) is 72.8 Å². The summed E-state index contributed by atoms with van der Waals surface area (Å²) in [6.07, 6.45) is 0. The van der Waals surface area contributed by atoms with Crippen LogP contribution in [0.2, 0.25) is 0 Å². The normalized spacial score (nSPS) is 19.5. The maximum atomic E-state index is 13.6. The molecule has 6 heteroatoms. The van der Waals surface area contributed by atoms with Gasteiger partial charge in [0.15, 0.2) is 0 Å². The number of nitrogens with zero attached hydrogens (tertiary/aromatic N) is 3. The number of aromatic hydroxyl groups is 1. The summed E-state index contributed by atoms with van der Waals surface area (Å²) in [7, 11) is 0. The molecule has 3 aromatic carbocycles. The first-order valence-electron chi connectivity index (χ1n) is 13.2. The van der Waals surface area contributed by atoms with E-state index in [1.54, 1.807) is 6.07 Å². The van der Waals surface area contributed by atoms with Gasteiger partial charge in [-0.05, 0) is 74.7 Å². The number of carbonyl (C=O) groups is 1. The van der Waals surface area contributed by atoms with E-state index in [1.165, 1.54) is 12.1 Å². The molecule has 1 fully saturated rings. The van der Waals surface area contributed by atoms with E-state index in [1.807, 2.05) is 73.3 Å². The van der Waals surface area contributed by atoms with Crippen LogP contribution in [-0.4, -0.2) is 64.0 Å². The maximum Gasteiger partial charge on any atom is 0.254 e. The fourth-order valence-electron chi connectivity index (χ4n) is 5.49. The molecule has 1 heterocycles. The van der Waals surface area contributed by atoms with Crippen molar-refractivity contribution in [3.05, 3.63) is 101 Å². The van der Waals surface area contributed by atoms with E-state index in [-0.39, 0.29) is 35.6 Å². The number of hydrogen-bond acceptors (Lipinski definition) is 4. The first kappa shape index (κ1) is 26.8. The highest BCUT2D eigenvalue weighted by Gasteiger charge is 2.36. The summed E-state index contributed by atoms with van der Waals surface area (Å²) in [5.41, 5.74) is 3.71. The summed E-state index contributed by atoms with van der Waals surface area (Å²) < 4.78 is 13.4. The molecule has 0 bridgehead atoms. The summed E-state index contributed by atoms with van der Waals surface area (Å²) in [6, 6.07) is 22.2. The van der Waals surface area contributed by atoms with Crippen molar-refractivity contribution in [3.63, 3.8) is 0 Å². The predicted octanol–water partition coefficient (Wildman–Crippen LogP) is 5.70. The Morgan fingerprint density at radius 3 is 2.35 bits per heavy atom. The highest BCUT2D eigenvalue weighted by atomic mass is 19.1. The maximum absolute atomic E-state index is 13.6. The first-order valence-corrected chi connectivity index (χ1v) is 13.2. The quantitative estimate of drug-likeness (QED) is 0.429. The van der Waals surface area contributed by atoms with Crippen LogP contribution in [0, 0.1) is 5.82 Å². The van der Waals surface area contributed by atoms with Gasteiger partial charge in [0, 0.05) is 50.4 Å². The lowest BCUT2D eigenvalue weighted by Crippen LogP contribution is -2.57. The first-order chi connectivity index (χ1) is 17.8. The van der Waals surface area contributed by atoms with Gasteiger partial charge in [0.1, 0.15) is 11.6 Å². The van der Waals surface area contributed by atoms with E-state index in [4.69, 9.17) is 0 Å². The Hall–Kier alpha value is -3.22. The summed E-state index contributed by atoms with van der Waals surface area (Å²) in [4.78, 5) is 20.3. The molecule has 37 heavy (non-hydrogen) atoms. The molecule has 1 amide bonds. The van der Waals surface area contributed by atoms with Gasteiger partial charge in [-0.2, -0.15) is 0 Å². The Morgan fingerprint density at radius 2 is 1.68 bits per heavy atom. The van der Waals surface area contributed by atoms with Crippen molar-refractivity contribution in [2.75, 3.05) is 26.2 Å². The van der Waals surface area contributed by atoms with Crippen molar-refractivity contribution in [2.45, 2.75) is 52.4 Å². The molecule has 1 aliphatic heterocycles. The summed E-state index contributed by atoms with van der Waals surface area (Å²) in [5, 5.41) is 10.4. The number of piperazine rings is 1. The molecule has 3 atom stereocenters. The Balaban J connectivity index is 1.70. The second kappa shape index (κ2) is 11.9. The molecule has 0 aromatic heterocycles. The minimum absolute atomic E-state index is 0.0291. The minimum Gasteiger partial charge on any atom is -0.508 e. The van der Waals surface area contributed by atoms with Crippen LogP contribution in [0.4, 0.5) is 4.39 Å². The standard InChI is InChI=1S/C31H38FN3O2/c1-5-33(6-2)31(37)29-13-8-7-12-28(29)30(25-10-9-11-27(36)18-25)35-20-22(3)34(19-23(35)4)21-24-14-16-26(32)17-15-24/h7-18,22-23,30,36H,5-6,19-21H2,1-4H3/t22?,23-,30?/m1/s1. The number of amides is 1. The third-order valence-electron chi connectivity index (χ3n) is 7.52. The zero-order valence-corrected chi connectivity index (χ0v) is 22.3. The lowest BCUT2D eigenvalue weighted by Gasteiger charge is -2.48. The van der Waals surface area contributed by atoms with Crippen LogP contribution in [0.5, 0.6) is 5.75 Å². The van der Waals surface area contributed by atoms with Crippen molar-refractivity contribution in [2.24, 2.45) is 0 Å². The molecule has 196 valence electrons. The average molecular weight is 504 g/mol. The molecule has 0 radical (unpaired) electrons. The zero-order valence-electron chi connectivity index (χ0n) is 22.3. The van der Waals surface area contributed by atoms with Gasteiger partial charge in [0.2, 0.25) is 0 Å². The Bertz CT molecular complexity index is 1200. The number of benzene rings is 3. The third kappa shape index (κ3) is 6.03. The molecule has 1 saturated heterocycles. The topological polar surface area (TPSA) is 47.0 Å². The van der Waals surface area contributed by atoms with Crippen molar-refractivity contribution in [1.29, 1.82) is 0 Å². The number of halogens is 1. The number of phenols is 1. The van der Waals surface area contributed by atoms with Crippen molar-refractivity contribution < 1.29 is 14.3 Å². The van der Waals surface area contributed by atoms with Crippen molar-refractivity contribution in [1.82, 2.24) is 14.7 Å². The van der Waals surface area contributed by atoms with Gasteiger partial charge in [-0.3, -0.25) is 14.6 Å². The molecule has 0 saturated carbocycles. The van der Waals surface area contributed by atoms with Gasteiger partial charge in [-0.25, -0.2) is 4.39 Å². The average Bonchev–Trinajstić information content (AvgIpc) is 2.89. The molecule has 5 nitrogen and oxygen atoms in total. The predicted molar refractivity (Wildman–Crippen MR) is 146 cm³/mol. The molecule has 2 unspecified atom stereocenters. The Morgan fingerprint density at radius 1 is 0.973 bits per heavy atom. The molecule has 3 aromatic rings. The van der Waals surface area contributed by atoms with Crippen LogP contribution in [0.1, 0.15) is 60.8 Å². The minimum atomic E-state index is -0.220. The van der Waals surface area contributed by atoms with Gasteiger partial charge in [0.05, 0.1) is 6.04 Å². The van der Waals surface area contributed by atoms with Gasteiger partial charge in [0.25, 0.3) is 5.91 Å². The molecule has 1 N–H and O–H groups in total. The summed E-state index contributed by atoms with van der Waals surface area (Å²) >= 11 is 0. The second-order valence-corrected chi connectivity index (χ2v) is 10.0. The SMILES string of the molecule is CCN(CC)C(=O)c1ccccc1C(c1cccc(O)c1)N1CC(C)N(Cc2ccc(F)cc2)C[C@H]1C. The highest BCUT2D eigenvalue weighted by molar-refractivity contribution is 5.96. The van der Waals surface area contributed by atoms with Gasteiger partial charge in [-0.1, -0.05) is 42.5 Å². The van der Waals surface area contributed by atoms with E-state index in [9.17, 15) is 14.3 Å². The van der Waals surface area contributed by atoms with E-state index < -0.39 is 0 Å². The lowest BCUT2D eigenvalue weighted by molar-refractivity contribution is 0.0192. The highest BCUT2D eigenvalue weighted by Crippen LogP contribution is 2.36. The fraction of sp³-hybridized carbons (Fsp3) is 0.387. The third-order valence-corrected chi connectivity index (χ3v) is 7.52. The molecular formula is C31H38FN3O2. The number of carbonyl (C=O) groups excluding carboxylic acids is 1. The van der Waals surface area contributed by atoms with Crippen LogP contribution >= 0.6 is 0 Å². The van der Waals surface area contributed by atoms with Gasteiger partial charge >= 0.3 is 0 Å². The molecular weight excluding hydrogens is 465 g/mol. The van der Waals surface area contributed by atoms with Crippen LogP contribution in [-0.2, 0) is 6.54 Å². The van der Waals surface area contributed by atoms with Gasteiger partial charge < -0.3 is 10.0 Å². The molecule has 1 aliphatic rings.